The molecule has 0 aliphatic heterocycles. The van der Waals surface area contributed by atoms with Crippen molar-refractivity contribution in [2.75, 3.05) is 33.9 Å². The van der Waals surface area contributed by atoms with Gasteiger partial charge in [0.25, 0.3) is 0 Å². The number of benzene rings is 1. The van der Waals surface area contributed by atoms with Crippen molar-refractivity contribution < 1.29 is 9.47 Å². The summed E-state index contributed by atoms with van der Waals surface area (Å²) in [6, 6.07) is 9.83. The molecule has 0 saturated carbocycles. The monoisotopic (exact) mass is 273 g/mol. The number of hydrogen-bond donors (Lipinski definition) is 0. The van der Waals surface area contributed by atoms with E-state index in [4.69, 9.17) is 20.0 Å². The number of hydrogen-bond acceptors (Lipinski definition) is 5. The first kappa shape index (κ1) is 16.0. The molecule has 0 aromatic heterocycles. The Labute approximate surface area is 119 Å². The van der Waals surface area contributed by atoms with Crippen molar-refractivity contribution in [2.24, 2.45) is 0 Å². The van der Waals surface area contributed by atoms with Crippen LogP contribution in [0.2, 0.25) is 0 Å². The summed E-state index contributed by atoms with van der Waals surface area (Å²) in [4.78, 5) is 2.13. The van der Waals surface area contributed by atoms with Gasteiger partial charge < -0.3 is 9.47 Å². The molecule has 1 rings (SSSR count). The summed E-state index contributed by atoms with van der Waals surface area (Å²) in [6.07, 6.45) is 0.477. The lowest BCUT2D eigenvalue weighted by atomic mass is 10.1. The van der Waals surface area contributed by atoms with Gasteiger partial charge in [-0.2, -0.15) is 10.5 Å². The molecule has 0 atom stereocenters. The molecule has 0 aliphatic rings. The van der Waals surface area contributed by atoms with Gasteiger partial charge in [-0.3, -0.25) is 4.90 Å². The highest BCUT2D eigenvalue weighted by molar-refractivity contribution is 5.45. The highest BCUT2D eigenvalue weighted by Gasteiger charge is 2.08. The van der Waals surface area contributed by atoms with Crippen molar-refractivity contribution in [3.8, 4) is 17.9 Å². The summed E-state index contributed by atoms with van der Waals surface area (Å²) in [6.45, 7) is 2.75. The first-order chi connectivity index (χ1) is 9.74. The van der Waals surface area contributed by atoms with Gasteiger partial charge in [0.1, 0.15) is 11.8 Å². The van der Waals surface area contributed by atoms with Crippen LogP contribution in [-0.4, -0.2) is 38.8 Å². The molecule has 1 aromatic carbocycles. The molecule has 0 radical (unpaired) electrons. The molecule has 0 aliphatic carbocycles. The minimum atomic E-state index is 0.477. The molecule has 0 fully saturated rings. The van der Waals surface area contributed by atoms with Crippen LogP contribution in [-0.2, 0) is 11.3 Å². The van der Waals surface area contributed by atoms with Crippen molar-refractivity contribution in [1.29, 1.82) is 10.5 Å². The Morgan fingerprint density at radius 2 is 2.00 bits per heavy atom. The minimum absolute atomic E-state index is 0.477. The van der Waals surface area contributed by atoms with Crippen molar-refractivity contribution >= 4 is 0 Å². The first-order valence-electron chi connectivity index (χ1n) is 6.40. The molecule has 0 saturated heterocycles. The maximum atomic E-state index is 9.08. The second-order valence-corrected chi connectivity index (χ2v) is 4.32. The van der Waals surface area contributed by atoms with Crippen molar-refractivity contribution in [3.63, 3.8) is 0 Å². The third kappa shape index (κ3) is 4.89. The zero-order valence-electron chi connectivity index (χ0n) is 11.9. The summed E-state index contributed by atoms with van der Waals surface area (Å²) in [5, 5.41) is 17.8. The lowest BCUT2D eigenvalue weighted by molar-refractivity contribution is 0.145. The molecule has 1 aromatic rings. The maximum absolute atomic E-state index is 9.08. The van der Waals surface area contributed by atoms with E-state index in [1.165, 1.54) is 0 Å². The first-order valence-corrected chi connectivity index (χ1v) is 6.40. The van der Waals surface area contributed by atoms with Crippen molar-refractivity contribution in [1.82, 2.24) is 4.90 Å². The summed E-state index contributed by atoms with van der Waals surface area (Å²) in [5.41, 5.74) is 1.55. The van der Waals surface area contributed by atoms with Gasteiger partial charge in [-0.25, -0.2) is 0 Å². The van der Waals surface area contributed by atoms with E-state index in [1.807, 2.05) is 12.1 Å². The molecule has 5 heteroatoms. The van der Waals surface area contributed by atoms with Crippen LogP contribution in [0.3, 0.4) is 0 Å². The largest absolute Gasteiger partial charge is 0.495 e. The van der Waals surface area contributed by atoms with E-state index in [-0.39, 0.29) is 0 Å². The standard InChI is InChI=1S/C15H19N3O2/c1-19-9-8-18(7-3-6-16)12-13-4-5-15(20-2)14(10-13)11-17/h4-5,10H,3,7-9,12H2,1-2H3. The van der Waals surface area contributed by atoms with Crippen LogP contribution < -0.4 is 4.74 Å². The highest BCUT2D eigenvalue weighted by atomic mass is 16.5. The Hall–Kier alpha value is -2.08. The van der Waals surface area contributed by atoms with Gasteiger partial charge in [0.15, 0.2) is 0 Å². The topological polar surface area (TPSA) is 69.3 Å². The zero-order valence-corrected chi connectivity index (χ0v) is 11.9. The lowest BCUT2D eigenvalue weighted by Crippen LogP contribution is -2.28. The van der Waals surface area contributed by atoms with E-state index in [1.54, 1.807) is 20.3 Å². The smallest absolute Gasteiger partial charge is 0.136 e. The molecule has 0 amide bonds. The fraction of sp³-hybridized carbons (Fsp3) is 0.467. The molecule has 0 unspecified atom stereocenters. The molecule has 0 bridgehead atoms. The van der Waals surface area contributed by atoms with Crippen LogP contribution in [0, 0.1) is 22.7 Å². The Bertz CT molecular complexity index is 503. The molecular formula is C15H19N3O2. The Kier molecular flexibility index (Phi) is 7.13. The van der Waals surface area contributed by atoms with E-state index in [2.05, 4.69) is 17.0 Å². The van der Waals surface area contributed by atoms with E-state index >= 15 is 0 Å². The summed E-state index contributed by atoms with van der Waals surface area (Å²) >= 11 is 0. The number of nitrogens with zero attached hydrogens (tertiary/aromatic N) is 3. The number of methoxy groups -OCH3 is 2. The van der Waals surface area contributed by atoms with Crippen molar-refractivity contribution in [2.45, 2.75) is 13.0 Å². The van der Waals surface area contributed by atoms with Crippen LogP contribution in [0.5, 0.6) is 5.75 Å². The molecule has 5 nitrogen and oxygen atoms in total. The predicted octanol–water partition coefficient (Wildman–Crippen LogP) is 1.93. The maximum Gasteiger partial charge on any atom is 0.136 e. The Balaban J connectivity index is 2.77. The lowest BCUT2D eigenvalue weighted by Gasteiger charge is -2.21. The molecule has 106 valence electrons. The number of ether oxygens (including phenoxy) is 2. The van der Waals surface area contributed by atoms with E-state index in [9.17, 15) is 0 Å². The van der Waals surface area contributed by atoms with Crippen LogP contribution in [0.4, 0.5) is 0 Å². The normalized spacial score (nSPS) is 10.1. The summed E-state index contributed by atoms with van der Waals surface area (Å²) in [7, 11) is 3.21. The fourth-order valence-electron chi connectivity index (χ4n) is 1.90. The number of nitriles is 2. The van der Waals surface area contributed by atoms with Crippen LogP contribution in [0.15, 0.2) is 18.2 Å². The Morgan fingerprint density at radius 1 is 1.20 bits per heavy atom. The second kappa shape index (κ2) is 8.92. The van der Waals surface area contributed by atoms with Gasteiger partial charge >= 0.3 is 0 Å². The van der Waals surface area contributed by atoms with Crippen LogP contribution in [0.25, 0.3) is 0 Å². The van der Waals surface area contributed by atoms with E-state index in [0.29, 0.717) is 37.4 Å². The molecule has 0 spiro atoms. The third-order valence-electron chi connectivity index (χ3n) is 2.94. The Morgan fingerprint density at radius 3 is 2.60 bits per heavy atom. The second-order valence-electron chi connectivity index (χ2n) is 4.32. The SMILES string of the molecule is COCCN(CCC#N)Cc1ccc(OC)c(C#N)c1. The molecule has 0 N–H and O–H groups in total. The average molecular weight is 273 g/mol. The van der Waals surface area contributed by atoms with Crippen LogP contribution >= 0.6 is 0 Å². The average Bonchev–Trinajstić information content (AvgIpc) is 2.49. The summed E-state index contributed by atoms with van der Waals surface area (Å²) in [5.74, 6) is 0.580. The van der Waals surface area contributed by atoms with Gasteiger partial charge in [0.05, 0.1) is 25.3 Å². The third-order valence-corrected chi connectivity index (χ3v) is 2.94. The molecule has 20 heavy (non-hydrogen) atoms. The minimum Gasteiger partial charge on any atom is -0.495 e. The van der Waals surface area contributed by atoms with Crippen molar-refractivity contribution in [3.05, 3.63) is 29.3 Å². The fourth-order valence-corrected chi connectivity index (χ4v) is 1.90. The zero-order chi connectivity index (χ0) is 14.8. The van der Waals surface area contributed by atoms with Gasteiger partial charge in [0.2, 0.25) is 0 Å². The molecule has 0 heterocycles. The van der Waals surface area contributed by atoms with Gasteiger partial charge in [0, 0.05) is 33.2 Å². The van der Waals surface area contributed by atoms with Gasteiger partial charge in [-0.15, -0.1) is 0 Å². The number of rotatable bonds is 8. The van der Waals surface area contributed by atoms with E-state index < -0.39 is 0 Å². The van der Waals surface area contributed by atoms with Gasteiger partial charge in [-0.1, -0.05) is 6.07 Å². The summed E-state index contributed by atoms with van der Waals surface area (Å²) < 4.78 is 10.2. The van der Waals surface area contributed by atoms with E-state index in [0.717, 1.165) is 12.1 Å². The predicted molar refractivity (Wildman–Crippen MR) is 75.1 cm³/mol. The van der Waals surface area contributed by atoms with Gasteiger partial charge in [-0.05, 0) is 17.7 Å². The molecular weight excluding hydrogens is 254 g/mol. The quantitative estimate of drug-likeness (QED) is 0.724. The van der Waals surface area contributed by atoms with Crippen LogP contribution in [0.1, 0.15) is 17.5 Å². The highest BCUT2D eigenvalue weighted by Crippen LogP contribution is 2.19.